The number of hydrogen-bond donors (Lipinski definition) is 1. The normalized spacial score (nSPS) is 11.2. The first kappa shape index (κ1) is 12.8. The number of thiophene rings is 1. The Hall–Kier alpha value is -1.25. The van der Waals surface area contributed by atoms with Gasteiger partial charge in [0.15, 0.2) is 5.78 Å². The number of sulfonamides is 1. The van der Waals surface area contributed by atoms with Gasteiger partial charge in [-0.05, 0) is 6.92 Å². The second-order valence-electron chi connectivity index (χ2n) is 2.90. The minimum atomic E-state index is -4.13. The van der Waals surface area contributed by atoms with E-state index in [1.807, 2.05) is 0 Å². The van der Waals surface area contributed by atoms with E-state index in [1.54, 1.807) is 0 Å². The lowest BCUT2D eigenvalue weighted by molar-refractivity contribution is 0.0597. The number of hydrogen-bond acceptors (Lipinski definition) is 6. The van der Waals surface area contributed by atoms with Gasteiger partial charge in [-0.15, -0.1) is 11.3 Å². The van der Waals surface area contributed by atoms with Gasteiger partial charge >= 0.3 is 5.97 Å². The van der Waals surface area contributed by atoms with E-state index in [-0.39, 0.29) is 10.4 Å². The molecule has 0 unspecified atom stereocenters. The molecule has 0 aromatic carbocycles. The fourth-order valence-electron chi connectivity index (χ4n) is 1.12. The van der Waals surface area contributed by atoms with Crippen LogP contribution in [0.15, 0.2) is 10.3 Å². The fraction of sp³-hybridized carbons (Fsp3) is 0.250. The topological polar surface area (TPSA) is 104 Å². The van der Waals surface area contributed by atoms with E-state index in [2.05, 4.69) is 4.74 Å². The van der Waals surface area contributed by atoms with Crippen molar-refractivity contribution in [2.24, 2.45) is 5.14 Å². The van der Waals surface area contributed by atoms with Gasteiger partial charge < -0.3 is 4.74 Å². The van der Waals surface area contributed by atoms with Crippen LogP contribution in [0, 0.1) is 0 Å². The highest BCUT2D eigenvalue weighted by molar-refractivity contribution is 7.89. The molecule has 0 aliphatic rings. The number of ether oxygens (including phenoxy) is 1. The van der Waals surface area contributed by atoms with Gasteiger partial charge in [-0.1, -0.05) is 0 Å². The number of esters is 1. The zero-order valence-electron chi connectivity index (χ0n) is 8.51. The van der Waals surface area contributed by atoms with Gasteiger partial charge in [-0.25, -0.2) is 18.4 Å². The molecule has 1 aromatic rings. The third-order valence-corrected chi connectivity index (χ3v) is 3.96. The van der Waals surface area contributed by atoms with E-state index in [9.17, 15) is 18.0 Å². The number of rotatable bonds is 3. The summed E-state index contributed by atoms with van der Waals surface area (Å²) in [5.74, 6) is -1.31. The Kier molecular flexibility index (Phi) is 3.46. The molecule has 0 spiro atoms. The standard InChI is InChI=1S/C8H9NO5S2/c1-4(10)6-7(16(9,12)13)5(3-15-6)8(11)14-2/h3H,1-2H3,(H2,9,12,13). The van der Waals surface area contributed by atoms with Gasteiger partial charge in [0, 0.05) is 5.38 Å². The summed E-state index contributed by atoms with van der Waals surface area (Å²) in [6.07, 6.45) is 0. The molecule has 0 saturated heterocycles. The van der Waals surface area contributed by atoms with Crippen LogP contribution in [0.3, 0.4) is 0 Å². The third-order valence-electron chi connectivity index (χ3n) is 1.76. The van der Waals surface area contributed by atoms with Gasteiger partial charge in [0.2, 0.25) is 10.0 Å². The molecule has 0 bridgehead atoms. The highest BCUT2D eigenvalue weighted by atomic mass is 32.2. The fourth-order valence-corrected chi connectivity index (χ4v) is 3.37. The van der Waals surface area contributed by atoms with Gasteiger partial charge in [0.1, 0.15) is 4.90 Å². The predicted octanol–water partition coefficient (Wildman–Crippen LogP) is 0.385. The second-order valence-corrected chi connectivity index (χ2v) is 5.28. The van der Waals surface area contributed by atoms with E-state index < -0.39 is 26.7 Å². The van der Waals surface area contributed by atoms with E-state index in [0.29, 0.717) is 0 Å². The highest BCUT2D eigenvalue weighted by Gasteiger charge is 2.28. The predicted molar refractivity (Wildman–Crippen MR) is 57.0 cm³/mol. The molecule has 1 heterocycles. The zero-order chi connectivity index (χ0) is 12.5. The number of methoxy groups -OCH3 is 1. The Bertz CT molecular complexity index is 543. The first-order valence-electron chi connectivity index (χ1n) is 4.02. The number of carbonyl (C=O) groups excluding carboxylic acids is 2. The monoisotopic (exact) mass is 263 g/mol. The maximum Gasteiger partial charge on any atom is 0.340 e. The molecule has 0 atom stereocenters. The zero-order valence-corrected chi connectivity index (χ0v) is 10.1. The first-order valence-corrected chi connectivity index (χ1v) is 6.45. The Labute approximate surface area is 96.1 Å². The lowest BCUT2D eigenvalue weighted by Gasteiger charge is -2.01. The van der Waals surface area contributed by atoms with Crippen LogP contribution >= 0.6 is 11.3 Å². The number of primary sulfonamides is 1. The summed E-state index contributed by atoms with van der Waals surface area (Å²) in [5, 5.41) is 6.19. The molecule has 0 aliphatic carbocycles. The molecule has 2 N–H and O–H groups in total. The largest absolute Gasteiger partial charge is 0.465 e. The third kappa shape index (κ3) is 2.29. The van der Waals surface area contributed by atoms with Gasteiger partial charge in [-0.2, -0.15) is 0 Å². The van der Waals surface area contributed by atoms with Crippen molar-refractivity contribution < 1.29 is 22.7 Å². The number of carbonyl (C=O) groups is 2. The molecule has 16 heavy (non-hydrogen) atoms. The first-order chi connectivity index (χ1) is 7.29. The van der Waals surface area contributed by atoms with Crippen LogP contribution in [0.1, 0.15) is 27.0 Å². The SMILES string of the molecule is COC(=O)c1csc(C(C)=O)c1S(N)(=O)=O. The molecular formula is C8H9NO5S2. The molecule has 1 rings (SSSR count). The van der Waals surface area contributed by atoms with Crippen molar-refractivity contribution in [3.8, 4) is 0 Å². The lowest BCUT2D eigenvalue weighted by Crippen LogP contribution is -2.18. The summed E-state index contributed by atoms with van der Waals surface area (Å²) < 4.78 is 27.0. The molecule has 0 radical (unpaired) electrons. The summed E-state index contributed by atoms with van der Waals surface area (Å²) in [7, 11) is -3.02. The highest BCUT2D eigenvalue weighted by Crippen LogP contribution is 2.27. The van der Waals surface area contributed by atoms with Crippen LogP contribution in [0.25, 0.3) is 0 Å². The Balaban J connectivity index is 3.56. The van der Waals surface area contributed by atoms with Crippen LogP contribution < -0.4 is 5.14 Å². The van der Waals surface area contributed by atoms with Gasteiger partial charge in [0.25, 0.3) is 0 Å². The average molecular weight is 263 g/mol. The van der Waals surface area contributed by atoms with Gasteiger partial charge in [0.05, 0.1) is 17.6 Å². The van der Waals surface area contributed by atoms with Crippen molar-refractivity contribution in [1.29, 1.82) is 0 Å². The molecule has 1 aromatic heterocycles. The molecular weight excluding hydrogens is 254 g/mol. The van der Waals surface area contributed by atoms with E-state index >= 15 is 0 Å². The second kappa shape index (κ2) is 4.32. The number of nitrogens with two attached hydrogens (primary N) is 1. The summed E-state index contributed by atoms with van der Waals surface area (Å²) >= 11 is 0.845. The Morgan fingerprint density at radius 2 is 2.00 bits per heavy atom. The summed E-state index contributed by atoms with van der Waals surface area (Å²) in [4.78, 5) is 21.9. The van der Waals surface area contributed by atoms with Crippen molar-refractivity contribution in [1.82, 2.24) is 0 Å². The molecule has 8 heteroatoms. The summed E-state index contributed by atoms with van der Waals surface area (Å²) in [5.41, 5.74) is -0.208. The van der Waals surface area contributed by atoms with Crippen LogP contribution in [-0.2, 0) is 14.8 Å². The van der Waals surface area contributed by atoms with Crippen molar-refractivity contribution in [2.75, 3.05) is 7.11 Å². The number of ketones is 1. The summed E-state index contributed by atoms with van der Waals surface area (Å²) in [6, 6.07) is 0. The minimum absolute atomic E-state index is 0.0668. The molecule has 0 aliphatic heterocycles. The van der Waals surface area contributed by atoms with Crippen LogP contribution in [0.5, 0.6) is 0 Å². The van der Waals surface area contributed by atoms with Crippen molar-refractivity contribution in [3.63, 3.8) is 0 Å². The molecule has 0 fully saturated rings. The number of Topliss-reactive ketones (excluding diaryl/α,β-unsaturated/α-hetero) is 1. The minimum Gasteiger partial charge on any atom is -0.465 e. The summed E-state index contributed by atoms with van der Waals surface area (Å²) in [6.45, 7) is 1.20. The Morgan fingerprint density at radius 3 is 2.38 bits per heavy atom. The van der Waals surface area contributed by atoms with E-state index in [4.69, 9.17) is 5.14 Å². The molecule has 88 valence electrons. The van der Waals surface area contributed by atoms with E-state index in [0.717, 1.165) is 18.4 Å². The quantitative estimate of drug-likeness (QED) is 0.627. The van der Waals surface area contributed by atoms with Crippen molar-refractivity contribution >= 4 is 33.1 Å². The maximum atomic E-state index is 11.3. The average Bonchev–Trinajstić information content (AvgIpc) is 2.59. The van der Waals surface area contributed by atoms with Crippen LogP contribution in [0.2, 0.25) is 0 Å². The molecule has 0 amide bonds. The van der Waals surface area contributed by atoms with Crippen LogP contribution in [-0.4, -0.2) is 27.3 Å². The molecule has 6 nitrogen and oxygen atoms in total. The lowest BCUT2D eigenvalue weighted by atomic mass is 10.2. The molecule has 0 saturated carbocycles. The van der Waals surface area contributed by atoms with Crippen molar-refractivity contribution in [2.45, 2.75) is 11.8 Å². The smallest absolute Gasteiger partial charge is 0.340 e. The Morgan fingerprint density at radius 1 is 1.44 bits per heavy atom. The van der Waals surface area contributed by atoms with Crippen molar-refractivity contribution in [3.05, 3.63) is 15.8 Å². The maximum absolute atomic E-state index is 11.3. The van der Waals surface area contributed by atoms with Gasteiger partial charge in [-0.3, -0.25) is 4.79 Å². The van der Waals surface area contributed by atoms with E-state index in [1.165, 1.54) is 12.3 Å². The van der Waals surface area contributed by atoms with Crippen LogP contribution in [0.4, 0.5) is 0 Å².